The predicted molar refractivity (Wildman–Crippen MR) is 67.1 cm³/mol. The Morgan fingerprint density at radius 1 is 1.00 bits per heavy atom. The molecule has 19 heavy (non-hydrogen) atoms. The Hall–Kier alpha value is -1.43. The Bertz CT molecular complexity index is 415. The van der Waals surface area contributed by atoms with Gasteiger partial charge in [0, 0.05) is 52.0 Å². The second kappa shape index (κ2) is 4.59. The van der Waals surface area contributed by atoms with Crippen molar-refractivity contribution in [2.45, 2.75) is 37.8 Å². The summed E-state index contributed by atoms with van der Waals surface area (Å²) in [5, 5.41) is 0. The molecule has 3 heterocycles. The van der Waals surface area contributed by atoms with Gasteiger partial charge < -0.3 is 4.90 Å². The molecule has 3 rings (SSSR count). The lowest BCUT2D eigenvalue weighted by atomic mass is 10.1. The maximum atomic E-state index is 11.6. The predicted octanol–water partition coefficient (Wildman–Crippen LogP) is -0.560. The molecule has 3 aliphatic rings. The van der Waals surface area contributed by atoms with E-state index in [0.717, 1.165) is 26.1 Å². The summed E-state index contributed by atoms with van der Waals surface area (Å²) in [6.45, 7) is 2.38. The zero-order chi connectivity index (χ0) is 13.6. The zero-order valence-corrected chi connectivity index (χ0v) is 11.2. The molecule has 104 valence electrons. The van der Waals surface area contributed by atoms with E-state index in [4.69, 9.17) is 0 Å². The number of carbonyl (C=O) groups is 3. The summed E-state index contributed by atoms with van der Waals surface area (Å²) in [4.78, 5) is 40.1. The van der Waals surface area contributed by atoms with Gasteiger partial charge in [0.1, 0.15) is 0 Å². The van der Waals surface area contributed by atoms with Gasteiger partial charge in [-0.2, -0.15) is 0 Å². The molecule has 0 aromatic rings. The Kier molecular flexibility index (Phi) is 3.05. The highest BCUT2D eigenvalue weighted by Crippen LogP contribution is 2.25. The first kappa shape index (κ1) is 12.6. The van der Waals surface area contributed by atoms with Crippen LogP contribution >= 0.6 is 0 Å². The summed E-state index contributed by atoms with van der Waals surface area (Å²) in [7, 11) is 1.85. The lowest BCUT2D eigenvalue weighted by Crippen LogP contribution is -2.62. The molecule has 0 spiro atoms. The first-order chi connectivity index (χ1) is 9.06. The molecule has 3 amide bonds. The van der Waals surface area contributed by atoms with Crippen LogP contribution in [0.3, 0.4) is 0 Å². The summed E-state index contributed by atoms with van der Waals surface area (Å²) < 4.78 is 0. The van der Waals surface area contributed by atoms with Crippen molar-refractivity contribution >= 4 is 17.7 Å². The van der Waals surface area contributed by atoms with Crippen LogP contribution in [0.2, 0.25) is 0 Å². The number of amides is 3. The summed E-state index contributed by atoms with van der Waals surface area (Å²) in [5.74, 6) is 0.164. The number of likely N-dealkylation sites (N-methyl/N-ethyl adjacent to an activating group) is 1. The maximum absolute atomic E-state index is 11.6. The smallest absolute Gasteiger partial charge is 0.230 e. The van der Waals surface area contributed by atoms with Gasteiger partial charge in [-0.25, -0.2) is 0 Å². The lowest BCUT2D eigenvalue weighted by molar-refractivity contribution is -0.145. The average Bonchev–Trinajstić information content (AvgIpc) is 2.81. The minimum Gasteiger partial charge on any atom is -0.341 e. The number of carbonyl (C=O) groups excluding carboxylic acids is 3. The second-order valence-electron chi connectivity index (χ2n) is 5.73. The van der Waals surface area contributed by atoms with Crippen molar-refractivity contribution in [3.8, 4) is 0 Å². The third kappa shape index (κ3) is 2.14. The second-order valence-corrected chi connectivity index (χ2v) is 5.73. The van der Waals surface area contributed by atoms with E-state index in [1.54, 1.807) is 0 Å². The third-order valence-electron chi connectivity index (χ3n) is 4.49. The first-order valence-electron chi connectivity index (χ1n) is 6.89. The van der Waals surface area contributed by atoms with Crippen molar-refractivity contribution < 1.29 is 14.4 Å². The number of likely N-dealkylation sites (tertiary alicyclic amines) is 3. The van der Waals surface area contributed by atoms with E-state index in [0.29, 0.717) is 25.3 Å². The zero-order valence-electron chi connectivity index (χ0n) is 11.2. The fraction of sp³-hybridized carbons (Fsp3) is 0.769. The molecule has 0 aromatic carbocycles. The largest absolute Gasteiger partial charge is 0.341 e. The number of imide groups is 1. The highest BCUT2D eigenvalue weighted by molar-refractivity contribution is 6.02. The van der Waals surface area contributed by atoms with Crippen molar-refractivity contribution in [3.63, 3.8) is 0 Å². The molecule has 0 bridgehead atoms. The number of hydrogen-bond acceptors (Lipinski definition) is 4. The van der Waals surface area contributed by atoms with Gasteiger partial charge in [0.15, 0.2) is 0 Å². The van der Waals surface area contributed by atoms with Crippen molar-refractivity contribution in [1.82, 2.24) is 14.7 Å². The van der Waals surface area contributed by atoms with E-state index in [-0.39, 0.29) is 23.8 Å². The summed E-state index contributed by atoms with van der Waals surface area (Å²) in [6, 6.07) is 0.350. The van der Waals surface area contributed by atoms with Crippen LogP contribution in [0.15, 0.2) is 0 Å². The maximum Gasteiger partial charge on any atom is 0.230 e. The van der Waals surface area contributed by atoms with Gasteiger partial charge in [-0.3, -0.25) is 24.2 Å². The van der Waals surface area contributed by atoms with E-state index in [2.05, 4.69) is 4.90 Å². The van der Waals surface area contributed by atoms with Gasteiger partial charge in [-0.1, -0.05) is 0 Å². The van der Waals surface area contributed by atoms with Gasteiger partial charge in [0.2, 0.25) is 17.7 Å². The number of nitrogens with zero attached hydrogens (tertiary/aromatic N) is 3. The molecule has 0 N–H and O–H groups in total. The lowest BCUT2D eigenvalue weighted by Gasteiger charge is -2.44. The van der Waals surface area contributed by atoms with Gasteiger partial charge in [0.05, 0.1) is 6.04 Å². The third-order valence-corrected chi connectivity index (χ3v) is 4.49. The molecule has 0 radical (unpaired) electrons. The van der Waals surface area contributed by atoms with Crippen molar-refractivity contribution in [2.24, 2.45) is 0 Å². The molecule has 6 nitrogen and oxygen atoms in total. The SMILES string of the molecule is CN1C(=O)CCC1CN1CC(N2C(=O)CCC2=O)C1. The Balaban J connectivity index is 1.49. The minimum atomic E-state index is -0.0252. The van der Waals surface area contributed by atoms with Gasteiger partial charge in [-0.15, -0.1) is 0 Å². The van der Waals surface area contributed by atoms with Crippen molar-refractivity contribution in [2.75, 3.05) is 26.7 Å². The highest BCUT2D eigenvalue weighted by atomic mass is 16.2. The minimum absolute atomic E-state index is 0.0252. The van der Waals surface area contributed by atoms with Crippen LogP contribution < -0.4 is 0 Å². The molecule has 3 fully saturated rings. The molecular weight excluding hydrogens is 246 g/mol. The quantitative estimate of drug-likeness (QED) is 0.642. The van der Waals surface area contributed by atoms with E-state index in [1.165, 1.54) is 4.90 Å². The molecule has 1 atom stereocenters. The van der Waals surface area contributed by atoms with E-state index in [9.17, 15) is 14.4 Å². The fourth-order valence-corrected chi connectivity index (χ4v) is 3.23. The summed E-state index contributed by atoms with van der Waals surface area (Å²) in [5.41, 5.74) is 0. The monoisotopic (exact) mass is 265 g/mol. The van der Waals surface area contributed by atoms with Crippen LogP contribution in [0.4, 0.5) is 0 Å². The van der Waals surface area contributed by atoms with Crippen LogP contribution in [-0.2, 0) is 14.4 Å². The Morgan fingerprint density at radius 2 is 1.63 bits per heavy atom. The molecule has 0 aromatic heterocycles. The normalized spacial score (nSPS) is 29.5. The Labute approximate surface area is 112 Å². The highest BCUT2D eigenvalue weighted by Gasteiger charge is 2.42. The Morgan fingerprint density at radius 3 is 2.16 bits per heavy atom. The van der Waals surface area contributed by atoms with Crippen LogP contribution in [0.1, 0.15) is 25.7 Å². The molecule has 0 aliphatic carbocycles. The number of rotatable bonds is 3. The van der Waals surface area contributed by atoms with Gasteiger partial charge >= 0.3 is 0 Å². The molecule has 3 saturated heterocycles. The van der Waals surface area contributed by atoms with Crippen LogP contribution in [-0.4, -0.2) is 71.2 Å². The summed E-state index contributed by atoms with van der Waals surface area (Å²) >= 11 is 0. The molecule has 0 saturated carbocycles. The molecule has 3 aliphatic heterocycles. The first-order valence-corrected chi connectivity index (χ1v) is 6.89. The van der Waals surface area contributed by atoms with Crippen LogP contribution in [0.25, 0.3) is 0 Å². The van der Waals surface area contributed by atoms with Crippen molar-refractivity contribution in [3.05, 3.63) is 0 Å². The van der Waals surface area contributed by atoms with E-state index in [1.807, 2.05) is 11.9 Å². The van der Waals surface area contributed by atoms with E-state index >= 15 is 0 Å². The molecular formula is C13H19N3O3. The molecule has 1 unspecified atom stereocenters. The summed E-state index contributed by atoms with van der Waals surface area (Å²) in [6.07, 6.45) is 2.30. The average molecular weight is 265 g/mol. The topological polar surface area (TPSA) is 60.9 Å². The van der Waals surface area contributed by atoms with Crippen LogP contribution in [0, 0.1) is 0 Å². The van der Waals surface area contributed by atoms with Crippen molar-refractivity contribution in [1.29, 1.82) is 0 Å². The molecule has 6 heteroatoms. The van der Waals surface area contributed by atoms with E-state index < -0.39 is 0 Å². The van der Waals surface area contributed by atoms with Gasteiger partial charge in [-0.05, 0) is 6.42 Å². The number of hydrogen-bond donors (Lipinski definition) is 0. The fourth-order valence-electron chi connectivity index (χ4n) is 3.23. The standard InChI is InChI=1S/C13H19N3O3/c1-14-9(2-3-11(14)17)6-15-7-10(8-15)16-12(18)4-5-13(16)19/h9-10H,2-8H2,1H3. The van der Waals surface area contributed by atoms with Crippen LogP contribution in [0.5, 0.6) is 0 Å². The van der Waals surface area contributed by atoms with Gasteiger partial charge in [0.25, 0.3) is 0 Å².